The van der Waals surface area contributed by atoms with Gasteiger partial charge in [-0.15, -0.1) is 0 Å². The lowest BCUT2D eigenvalue weighted by Gasteiger charge is -2.18. The highest BCUT2D eigenvalue weighted by Gasteiger charge is 2.42. The molecule has 1 fully saturated rings. The van der Waals surface area contributed by atoms with E-state index in [2.05, 4.69) is 32.2 Å². The molecule has 4 aromatic rings. The molecule has 1 aliphatic rings. The highest BCUT2D eigenvalue weighted by Crippen LogP contribution is 2.49. The molecule has 0 atom stereocenters. The summed E-state index contributed by atoms with van der Waals surface area (Å²) in [5.74, 6) is 0.0427. The first kappa shape index (κ1) is 18.7. The van der Waals surface area contributed by atoms with Crippen molar-refractivity contribution >= 4 is 34.0 Å². The maximum absolute atomic E-state index is 14.5. The number of rotatable bonds is 4. The number of benzene rings is 1. The zero-order valence-electron chi connectivity index (χ0n) is 16.0. The van der Waals surface area contributed by atoms with Gasteiger partial charge in [0.1, 0.15) is 18.0 Å². The van der Waals surface area contributed by atoms with E-state index in [4.69, 9.17) is 11.6 Å². The third kappa shape index (κ3) is 3.21. The Hall–Kier alpha value is -3.32. The van der Waals surface area contributed by atoms with Gasteiger partial charge in [0.05, 0.1) is 22.2 Å². The fourth-order valence-electron chi connectivity index (χ4n) is 3.57. The Bertz CT molecular complexity index is 1340. The predicted molar refractivity (Wildman–Crippen MR) is 115 cm³/mol. The summed E-state index contributed by atoms with van der Waals surface area (Å²) in [7, 11) is 0. The van der Waals surface area contributed by atoms with Crippen molar-refractivity contribution < 1.29 is 4.39 Å². The zero-order valence-corrected chi connectivity index (χ0v) is 16.8. The van der Waals surface area contributed by atoms with Gasteiger partial charge in [-0.3, -0.25) is 9.78 Å². The Labute approximate surface area is 176 Å². The second kappa shape index (κ2) is 6.88. The summed E-state index contributed by atoms with van der Waals surface area (Å²) < 4.78 is 14.5. The molecule has 0 amide bonds. The van der Waals surface area contributed by atoms with E-state index in [0.29, 0.717) is 16.5 Å². The first-order valence-corrected chi connectivity index (χ1v) is 9.87. The van der Waals surface area contributed by atoms with Crippen LogP contribution in [0, 0.1) is 5.82 Å². The molecule has 0 bridgehead atoms. The summed E-state index contributed by atoms with van der Waals surface area (Å²) in [5.41, 5.74) is 2.01. The summed E-state index contributed by atoms with van der Waals surface area (Å²) in [5, 5.41) is 4.41. The third-order valence-corrected chi connectivity index (χ3v) is 5.79. The Kier molecular flexibility index (Phi) is 4.29. The summed E-state index contributed by atoms with van der Waals surface area (Å²) in [6, 6.07) is 7.62. The quantitative estimate of drug-likeness (QED) is 0.486. The van der Waals surface area contributed by atoms with Crippen LogP contribution in [0.2, 0.25) is 5.02 Å². The van der Waals surface area contributed by atoms with E-state index in [1.807, 2.05) is 0 Å². The van der Waals surface area contributed by atoms with E-state index < -0.39 is 5.82 Å². The van der Waals surface area contributed by atoms with Gasteiger partial charge in [0.15, 0.2) is 0 Å². The standard InChI is InChI=1S/C22H17ClFN5O/c1-22(5-6-22)19-18(28-20-15-10-25-7-4-17(15)26-11-27-20)9-14(21(30)29-19)13-8-12(23)2-3-16(13)24/h2-4,7-11H,5-6H2,1H3,(H,29,30)(H,26,27,28). The van der Waals surface area contributed by atoms with Gasteiger partial charge in [-0.05, 0) is 43.2 Å². The van der Waals surface area contributed by atoms with Crippen molar-refractivity contribution in [3.05, 3.63) is 75.9 Å². The molecular weight excluding hydrogens is 405 g/mol. The molecule has 8 heteroatoms. The Morgan fingerprint density at radius 2 is 2.00 bits per heavy atom. The minimum Gasteiger partial charge on any atom is -0.338 e. The highest BCUT2D eigenvalue weighted by molar-refractivity contribution is 6.30. The monoisotopic (exact) mass is 421 g/mol. The second-order valence-electron chi connectivity index (χ2n) is 7.73. The van der Waals surface area contributed by atoms with Crippen molar-refractivity contribution in [2.75, 3.05) is 5.32 Å². The number of hydrogen-bond acceptors (Lipinski definition) is 5. The van der Waals surface area contributed by atoms with Gasteiger partial charge >= 0.3 is 0 Å². The van der Waals surface area contributed by atoms with Crippen molar-refractivity contribution in [1.29, 1.82) is 0 Å². The maximum Gasteiger partial charge on any atom is 0.256 e. The van der Waals surface area contributed by atoms with Crippen LogP contribution in [-0.2, 0) is 5.41 Å². The van der Waals surface area contributed by atoms with Crippen molar-refractivity contribution in [1.82, 2.24) is 19.9 Å². The molecule has 6 nitrogen and oxygen atoms in total. The minimum absolute atomic E-state index is 0.145. The van der Waals surface area contributed by atoms with Crippen LogP contribution < -0.4 is 10.9 Å². The molecule has 2 N–H and O–H groups in total. The molecule has 3 aromatic heterocycles. The number of hydrogen-bond donors (Lipinski definition) is 2. The van der Waals surface area contributed by atoms with Crippen LogP contribution in [0.1, 0.15) is 25.5 Å². The third-order valence-electron chi connectivity index (χ3n) is 5.55. The summed E-state index contributed by atoms with van der Waals surface area (Å²) >= 11 is 6.05. The van der Waals surface area contributed by atoms with Crippen LogP contribution in [0.5, 0.6) is 0 Å². The molecule has 150 valence electrons. The molecule has 30 heavy (non-hydrogen) atoms. The van der Waals surface area contributed by atoms with Gasteiger partial charge in [-0.1, -0.05) is 18.5 Å². The van der Waals surface area contributed by atoms with Gasteiger partial charge < -0.3 is 10.3 Å². The Morgan fingerprint density at radius 1 is 1.17 bits per heavy atom. The highest BCUT2D eigenvalue weighted by atomic mass is 35.5. The molecule has 0 radical (unpaired) electrons. The number of fused-ring (bicyclic) bond motifs is 1. The van der Waals surface area contributed by atoms with Gasteiger partial charge in [0.25, 0.3) is 5.56 Å². The number of anilines is 2. The second-order valence-corrected chi connectivity index (χ2v) is 8.16. The van der Waals surface area contributed by atoms with Gasteiger partial charge in [0.2, 0.25) is 0 Å². The Morgan fingerprint density at radius 3 is 2.80 bits per heavy atom. The lowest BCUT2D eigenvalue weighted by Crippen LogP contribution is -2.19. The number of nitrogens with zero attached hydrogens (tertiary/aromatic N) is 3. The largest absolute Gasteiger partial charge is 0.338 e. The lowest BCUT2D eigenvalue weighted by atomic mass is 9.99. The Balaban J connectivity index is 1.70. The van der Waals surface area contributed by atoms with Crippen LogP contribution in [0.25, 0.3) is 22.0 Å². The summed E-state index contributed by atoms with van der Waals surface area (Å²) in [4.78, 5) is 28.6. The van der Waals surface area contributed by atoms with Crippen molar-refractivity contribution in [3.8, 4) is 11.1 Å². The van der Waals surface area contributed by atoms with Gasteiger partial charge in [-0.2, -0.15) is 0 Å². The average Bonchev–Trinajstić information content (AvgIpc) is 3.49. The zero-order chi connectivity index (χ0) is 20.9. The molecule has 5 rings (SSSR count). The molecule has 0 aliphatic heterocycles. The van der Waals surface area contributed by atoms with Gasteiger partial charge in [-0.25, -0.2) is 14.4 Å². The van der Waals surface area contributed by atoms with E-state index in [-0.39, 0.29) is 22.1 Å². The average molecular weight is 422 g/mol. The van der Waals surface area contributed by atoms with Crippen LogP contribution >= 0.6 is 11.6 Å². The fraction of sp³-hybridized carbons (Fsp3) is 0.182. The molecule has 0 spiro atoms. The number of halogens is 2. The first-order valence-electron chi connectivity index (χ1n) is 9.50. The van der Waals surface area contributed by atoms with E-state index >= 15 is 0 Å². The van der Waals surface area contributed by atoms with E-state index in [9.17, 15) is 9.18 Å². The van der Waals surface area contributed by atoms with E-state index in [0.717, 1.165) is 29.4 Å². The van der Waals surface area contributed by atoms with Crippen LogP contribution in [0.3, 0.4) is 0 Å². The topological polar surface area (TPSA) is 83.6 Å². The maximum atomic E-state index is 14.5. The number of aromatic nitrogens is 4. The molecule has 1 aliphatic carbocycles. The predicted octanol–water partition coefficient (Wildman–Crippen LogP) is 4.97. The van der Waals surface area contributed by atoms with Crippen LogP contribution in [-0.4, -0.2) is 19.9 Å². The smallest absolute Gasteiger partial charge is 0.256 e. The van der Waals surface area contributed by atoms with Gasteiger partial charge in [0, 0.05) is 34.1 Å². The van der Waals surface area contributed by atoms with E-state index in [1.54, 1.807) is 24.5 Å². The van der Waals surface area contributed by atoms with Crippen molar-refractivity contribution in [2.24, 2.45) is 0 Å². The SMILES string of the molecule is CC1(c2[nH]c(=O)c(-c3cc(Cl)ccc3F)cc2Nc2ncnc3ccncc23)CC1. The lowest BCUT2D eigenvalue weighted by molar-refractivity contribution is 0.631. The molecule has 3 heterocycles. The number of nitrogens with one attached hydrogen (secondary N) is 2. The molecule has 1 aromatic carbocycles. The summed E-state index contributed by atoms with van der Waals surface area (Å²) in [6.07, 6.45) is 6.71. The number of pyridine rings is 2. The molecule has 1 saturated carbocycles. The van der Waals surface area contributed by atoms with Crippen molar-refractivity contribution in [3.63, 3.8) is 0 Å². The van der Waals surface area contributed by atoms with E-state index in [1.165, 1.54) is 24.5 Å². The summed E-state index contributed by atoms with van der Waals surface area (Å²) in [6.45, 7) is 2.09. The number of aromatic amines is 1. The molecular formula is C22H17ClFN5O. The normalized spacial score (nSPS) is 14.6. The van der Waals surface area contributed by atoms with Crippen LogP contribution in [0.4, 0.5) is 15.9 Å². The van der Waals surface area contributed by atoms with Crippen molar-refractivity contribution in [2.45, 2.75) is 25.2 Å². The fourth-order valence-corrected chi connectivity index (χ4v) is 3.75. The number of H-pyrrole nitrogens is 1. The molecule has 0 unspecified atom stereocenters. The molecule has 0 saturated heterocycles. The minimum atomic E-state index is -0.516. The van der Waals surface area contributed by atoms with Crippen LogP contribution in [0.15, 0.2) is 53.8 Å². The first-order chi connectivity index (χ1) is 14.4.